The molecule has 0 amide bonds. The number of hydrogen-bond acceptors (Lipinski definition) is 3. The maximum absolute atomic E-state index is 11.4. The van der Waals surface area contributed by atoms with E-state index in [-0.39, 0.29) is 11.5 Å². The third-order valence-corrected chi connectivity index (χ3v) is 2.57. The van der Waals surface area contributed by atoms with Crippen LogP contribution in [0.3, 0.4) is 0 Å². The number of nitro groups is 1. The monoisotopic (exact) mass is 191 g/mol. The van der Waals surface area contributed by atoms with Crippen LogP contribution in [0, 0.1) is 17.0 Å². The lowest BCUT2D eigenvalue weighted by Crippen LogP contribution is -1.99. The first-order valence-electron chi connectivity index (χ1n) is 4.41. The third kappa shape index (κ3) is 1.11. The van der Waals surface area contributed by atoms with Crippen LogP contribution in [0.15, 0.2) is 12.1 Å². The first-order valence-corrected chi connectivity index (χ1v) is 4.41. The number of aryl methyl sites for hydroxylation is 1. The first kappa shape index (κ1) is 8.87. The Hall–Kier alpha value is -1.71. The topological polar surface area (TPSA) is 60.2 Å². The molecule has 4 heteroatoms. The van der Waals surface area contributed by atoms with E-state index in [1.807, 2.05) is 6.92 Å². The van der Waals surface area contributed by atoms with Gasteiger partial charge in [-0.2, -0.15) is 0 Å². The molecule has 72 valence electrons. The molecule has 0 atom stereocenters. The fraction of sp³-hybridized carbons (Fsp3) is 0.300. The molecule has 0 bridgehead atoms. The normalized spacial score (nSPS) is 14.2. The zero-order chi connectivity index (χ0) is 10.3. The lowest BCUT2D eigenvalue weighted by atomic mass is 10.0. The Kier molecular flexibility index (Phi) is 1.84. The van der Waals surface area contributed by atoms with Crippen molar-refractivity contribution in [2.24, 2.45) is 0 Å². The molecule has 1 aromatic carbocycles. The van der Waals surface area contributed by atoms with Crippen molar-refractivity contribution in [1.82, 2.24) is 0 Å². The lowest BCUT2D eigenvalue weighted by Gasteiger charge is -2.02. The Bertz CT molecular complexity index is 437. The number of carbonyl (C=O) groups excluding carboxylic acids is 1. The minimum atomic E-state index is -0.420. The van der Waals surface area contributed by atoms with Crippen molar-refractivity contribution in [3.05, 3.63) is 38.9 Å². The second-order valence-corrected chi connectivity index (χ2v) is 3.44. The molecule has 0 saturated heterocycles. The first-order chi connectivity index (χ1) is 6.61. The summed E-state index contributed by atoms with van der Waals surface area (Å²) in [4.78, 5) is 21.7. The molecule has 0 aromatic heterocycles. The summed E-state index contributed by atoms with van der Waals surface area (Å²) in [5.41, 5.74) is 2.10. The van der Waals surface area contributed by atoms with Gasteiger partial charge in [-0.05, 0) is 18.9 Å². The van der Waals surface area contributed by atoms with Gasteiger partial charge in [0.1, 0.15) is 0 Å². The number of benzene rings is 1. The number of hydrogen-bond donors (Lipinski definition) is 0. The highest BCUT2D eigenvalue weighted by molar-refractivity contribution is 6.02. The van der Waals surface area contributed by atoms with Gasteiger partial charge in [0.2, 0.25) is 0 Å². The largest absolute Gasteiger partial charge is 0.294 e. The molecule has 0 fully saturated rings. The van der Waals surface area contributed by atoms with Crippen molar-refractivity contribution < 1.29 is 9.72 Å². The lowest BCUT2D eigenvalue weighted by molar-refractivity contribution is -0.385. The Morgan fingerprint density at radius 1 is 1.36 bits per heavy atom. The van der Waals surface area contributed by atoms with Gasteiger partial charge in [0, 0.05) is 23.6 Å². The maximum Gasteiger partial charge on any atom is 0.273 e. The van der Waals surface area contributed by atoms with E-state index < -0.39 is 4.92 Å². The molecule has 0 saturated carbocycles. The predicted molar refractivity (Wildman–Crippen MR) is 50.5 cm³/mol. The van der Waals surface area contributed by atoms with Crippen LogP contribution in [0.1, 0.15) is 27.9 Å². The Morgan fingerprint density at radius 3 is 2.71 bits per heavy atom. The van der Waals surface area contributed by atoms with Gasteiger partial charge >= 0.3 is 0 Å². The molecule has 1 aliphatic rings. The van der Waals surface area contributed by atoms with Gasteiger partial charge < -0.3 is 0 Å². The quantitative estimate of drug-likeness (QED) is 0.504. The number of ketones is 1. The highest BCUT2D eigenvalue weighted by atomic mass is 16.6. The van der Waals surface area contributed by atoms with Crippen LogP contribution in [0.4, 0.5) is 5.69 Å². The molecule has 1 aliphatic carbocycles. The Labute approximate surface area is 80.7 Å². The molecular weight excluding hydrogens is 182 g/mol. The molecule has 14 heavy (non-hydrogen) atoms. The van der Waals surface area contributed by atoms with Gasteiger partial charge in [-0.15, -0.1) is 0 Å². The van der Waals surface area contributed by atoms with Gasteiger partial charge in [-0.25, -0.2) is 0 Å². The van der Waals surface area contributed by atoms with Gasteiger partial charge in [0.25, 0.3) is 5.69 Å². The van der Waals surface area contributed by atoms with Crippen molar-refractivity contribution in [2.75, 3.05) is 0 Å². The second-order valence-electron chi connectivity index (χ2n) is 3.44. The summed E-state index contributed by atoms with van der Waals surface area (Å²) in [5, 5.41) is 10.7. The number of carbonyl (C=O) groups is 1. The second kappa shape index (κ2) is 2.90. The van der Waals surface area contributed by atoms with Crippen molar-refractivity contribution in [1.29, 1.82) is 0 Å². The zero-order valence-electron chi connectivity index (χ0n) is 7.74. The summed E-state index contributed by atoms with van der Waals surface area (Å²) in [6.07, 6.45) is 0.910. The van der Waals surface area contributed by atoms with Crippen LogP contribution in [0.25, 0.3) is 0 Å². The van der Waals surface area contributed by atoms with E-state index in [9.17, 15) is 14.9 Å². The summed E-state index contributed by atoms with van der Waals surface area (Å²) in [7, 11) is 0. The molecule has 2 rings (SSSR count). The van der Waals surface area contributed by atoms with Crippen molar-refractivity contribution in [2.45, 2.75) is 19.8 Å². The number of nitrogens with zero attached hydrogens (tertiary/aromatic N) is 1. The summed E-state index contributed by atoms with van der Waals surface area (Å²) in [6, 6.07) is 3.12. The number of Topliss-reactive ketones (excluding diaryl/α,β-unsaturated/α-hetero) is 1. The van der Waals surface area contributed by atoms with Crippen LogP contribution >= 0.6 is 0 Å². The van der Waals surface area contributed by atoms with E-state index in [0.29, 0.717) is 24.0 Å². The van der Waals surface area contributed by atoms with Crippen LogP contribution < -0.4 is 0 Å². The predicted octanol–water partition coefficient (Wildman–Crippen LogP) is 2.03. The van der Waals surface area contributed by atoms with E-state index in [1.165, 1.54) is 6.07 Å². The fourth-order valence-electron chi connectivity index (χ4n) is 1.93. The SMILES string of the molecule is Cc1ccc([N+](=O)[O-])c2c1C(=O)CC2. The summed E-state index contributed by atoms with van der Waals surface area (Å²) in [6.45, 7) is 1.81. The number of nitro benzene ring substituents is 1. The minimum absolute atomic E-state index is 0.0289. The maximum atomic E-state index is 11.4. The van der Waals surface area contributed by atoms with Crippen molar-refractivity contribution in [3.63, 3.8) is 0 Å². The molecule has 4 nitrogen and oxygen atoms in total. The van der Waals surface area contributed by atoms with Gasteiger partial charge in [0.05, 0.1) is 4.92 Å². The van der Waals surface area contributed by atoms with Gasteiger partial charge in [-0.3, -0.25) is 14.9 Å². The number of rotatable bonds is 1. The smallest absolute Gasteiger partial charge is 0.273 e. The number of fused-ring (bicyclic) bond motifs is 1. The summed E-state index contributed by atoms with van der Waals surface area (Å²) < 4.78 is 0. The molecular formula is C10H9NO3. The van der Waals surface area contributed by atoms with E-state index in [1.54, 1.807) is 6.07 Å². The Balaban J connectivity index is 2.70. The molecule has 0 heterocycles. The molecule has 1 aromatic rings. The van der Waals surface area contributed by atoms with Gasteiger partial charge in [0.15, 0.2) is 5.78 Å². The highest BCUT2D eigenvalue weighted by Crippen LogP contribution is 2.32. The van der Waals surface area contributed by atoms with E-state index >= 15 is 0 Å². The summed E-state index contributed by atoms with van der Waals surface area (Å²) in [5.74, 6) is 0.0289. The van der Waals surface area contributed by atoms with Crippen LogP contribution in [-0.4, -0.2) is 10.7 Å². The van der Waals surface area contributed by atoms with E-state index in [2.05, 4.69) is 0 Å². The van der Waals surface area contributed by atoms with Crippen molar-refractivity contribution in [3.8, 4) is 0 Å². The average molecular weight is 191 g/mol. The molecule has 0 unspecified atom stereocenters. The van der Waals surface area contributed by atoms with Crippen molar-refractivity contribution >= 4 is 11.5 Å². The van der Waals surface area contributed by atoms with E-state index in [4.69, 9.17) is 0 Å². The summed E-state index contributed by atoms with van der Waals surface area (Å²) >= 11 is 0. The third-order valence-electron chi connectivity index (χ3n) is 2.57. The molecule has 0 N–H and O–H groups in total. The Morgan fingerprint density at radius 2 is 2.07 bits per heavy atom. The van der Waals surface area contributed by atoms with Crippen LogP contribution in [0.5, 0.6) is 0 Å². The van der Waals surface area contributed by atoms with Crippen LogP contribution in [0.2, 0.25) is 0 Å². The zero-order valence-corrected chi connectivity index (χ0v) is 7.74. The molecule has 0 radical (unpaired) electrons. The van der Waals surface area contributed by atoms with Gasteiger partial charge in [-0.1, -0.05) is 6.07 Å². The molecule has 0 spiro atoms. The fourth-order valence-corrected chi connectivity index (χ4v) is 1.93. The van der Waals surface area contributed by atoms with Crippen LogP contribution in [-0.2, 0) is 6.42 Å². The highest BCUT2D eigenvalue weighted by Gasteiger charge is 2.28. The van der Waals surface area contributed by atoms with E-state index in [0.717, 1.165) is 5.56 Å². The minimum Gasteiger partial charge on any atom is -0.294 e. The molecule has 0 aliphatic heterocycles. The average Bonchev–Trinajstić information content (AvgIpc) is 2.49. The standard InChI is InChI=1S/C10H9NO3/c1-6-2-4-8(11(13)14)7-3-5-9(12)10(6)7/h2,4H,3,5H2,1H3.